The van der Waals surface area contributed by atoms with Gasteiger partial charge in [0.2, 0.25) is 5.91 Å². The van der Waals surface area contributed by atoms with E-state index in [2.05, 4.69) is 0 Å². The monoisotopic (exact) mass is 263 g/mol. The first-order valence-electron chi connectivity index (χ1n) is 7.22. The second-order valence-electron chi connectivity index (χ2n) is 5.33. The number of carbonyl (C=O) groups is 1. The molecule has 1 aromatic carbocycles. The first-order valence-corrected chi connectivity index (χ1v) is 7.22. The lowest BCUT2D eigenvalue weighted by molar-refractivity contribution is -0.132. The molecule has 0 saturated carbocycles. The van der Waals surface area contributed by atoms with Gasteiger partial charge in [-0.15, -0.1) is 0 Å². The van der Waals surface area contributed by atoms with E-state index in [-0.39, 0.29) is 11.7 Å². The lowest BCUT2D eigenvalue weighted by Crippen LogP contribution is -2.39. The smallest absolute Gasteiger partial charge is 0.222 e. The summed E-state index contributed by atoms with van der Waals surface area (Å²) in [5, 5.41) is 0. The largest absolute Gasteiger partial charge is 0.342 e. The van der Waals surface area contributed by atoms with Gasteiger partial charge in [-0.1, -0.05) is 25.1 Å². The number of hydrogen-bond donors (Lipinski definition) is 0. The Kier molecular flexibility index (Phi) is 4.94. The van der Waals surface area contributed by atoms with Crippen LogP contribution in [0.1, 0.15) is 38.2 Å². The zero-order valence-electron chi connectivity index (χ0n) is 11.6. The molecule has 1 aliphatic rings. The van der Waals surface area contributed by atoms with Crippen LogP contribution in [0, 0.1) is 11.7 Å². The van der Waals surface area contributed by atoms with Gasteiger partial charge in [0.25, 0.3) is 0 Å². The molecule has 1 fully saturated rings. The van der Waals surface area contributed by atoms with E-state index >= 15 is 0 Å². The molecule has 2 rings (SSSR count). The van der Waals surface area contributed by atoms with Gasteiger partial charge in [0, 0.05) is 19.5 Å². The Hall–Kier alpha value is -1.38. The summed E-state index contributed by atoms with van der Waals surface area (Å²) < 4.78 is 13.5. The molecule has 19 heavy (non-hydrogen) atoms. The minimum absolute atomic E-state index is 0.111. The molecule has 0 aromatic heterocycles. The number of piperidine rings is 1. The molecule has 1 amide bonds. The second kappa shape index (κ2) is 6.69. The fraction of sp³-hybridized carbons (Fsp3) is 0.562. The summed E-state index contributed by atoms with van der Waals surface area (Å²) in [4.78, 5) is 13.7. The Morgan fingerprint density at radius 1 is 1.42 bits per heavy atom. The summed E-state index contributed by atoms with van der Waals surface area (Å²) in [6, 6.07) is 6.98. The van der Waals surface area contributed by atoms with Gasteiger partial charge in [-0.3, -0.25) is 4.79 Å². The van der Waals surface area contributed by atoms with Crippen LogP contribution in [-0.2, 0) is 11.2 Å². The number of aryl methyl sites for hydroxylation is 1. The summed E-state index contributed by atoms with van der Waals surface area (Å²) in [6.45, 7) is 3.65. The van der Waals surface area contributed by atoms with Gasteiger partial charge < -0.3 is 4.90 Å². The molecule has 2 nitrogen and oxygen atoms in total. The summed E-state index contributed by atoms with van der Waals surface area (Å²) >= 11 is 0. The molecule has 0 unspecified atom stereocenters. The molecule has 1 atom stereocenters. The average molecular weight is 263 g/mol. The predicted molar refractivity (Wildman–Crippen MR) is 74.3 cm³/mol. The van der Waals surface area contributed by atoms with Crippen LogP contribution in [0.4, 0.5) is 4.39 Å². The zero-order valence-corrected chi connectivity index (χ0v) is 11.6. The van der Waals surface area contributed by atoms with Gasteiger partial charge in [-0.2, -0.15) is 0 Å². The molecule has 3 heteroatoms. The number of nitrogens with zero attached hydrogens (tertiary/aromatic N) is 1. The highest BCUT2D eigenvalue weighted by atomic mass is 19.1. The molecule has 1 saturated heterocycles. The van der Waals surface area contributed by atoms with Crippen LogP contribution >= 0.6 is 0 Å². The number of halogens is 1. The van der Waals surface area contributed by atoms with Crippen molar-refractivity contribution in [2.45, 2.75) is 39.0 Å². The van der Waals surface area contributed by atoms with Crippen molar-refractivity contribution in [1.29, 1.82) is 0 Å². The van der Waals surface area contributed by atoms with Crippen LogP contribution in [0.25, 0.3) is 0 Å². The predicted octanol–water partition coefficient (Wildman–Crippen LogP) is 3.41. The average Bonchev–Trinajstić information content (AvgIpc) is 2.46. The topological polar surface area (TPSA) is 20.3 Å². The van der Waals surface area contributed by atoms with E-state index < -0.39 is 0 Å². The second-order valence-corrected chi connectivity index (χ2v) is 5.33. The summed E-state index contributed by atoms with van der Waals surface area (Å²) in [6.07, 6.45) is 4.55. The third-order valence-electron chi connectivity index (χ3n) is 3.95. The standard InChI is InChI=1S/C16H22FNO/c1-2-16(19)18-11-5-6-13(12-18)9-10-14-7-3-4-8-15(14)17/h3-4,7-8,13H,2,5-6,9-12H2,1H3/t13-/m0/s1. The van der Waals surface area contributed by atoms with Crippen molar-refractivity contribution in [3.05, 3.63) is 35.6 Å². The van der Waals surface area contributed by atoms with Crippen molar-refractivity contribution in [2.75, 3.05) is 13.1 Å². The van der Waals surface area contributed by atoms with Crippen molar-refractivity contribution >= 4 is 5.91 Å². The molecular weight excluding hydrogens is 241 g/mol. The lowest BCUT2D eigenvalue weighted by atomic mass is 9.91. The number of rotatable bonds is 4. The van der Waals surface area contributed by atoms with Crippen LogP contribution < -0.4 is 0 Å². The molecule has 0 N–H and O–H groups in total. The van der Waals surface area contributed by atoms with Gasteiger partial charge in [-0.25, -0.2) is 4.39 Å². The minimum Gasteiger partial charge on any atom is -0.342 e. The Labute approximate surface area is 114 Å². The van der Waals surface area contributed by atoms with Gasteiger partial charge in [0.05, 0.1) is 0 Å². The third kappa shape index (κ3) is 3.79. The fourth-order valence-corrected chi connectivity index (χ4v) is 2.81. The van der Waals surface area contributed by atoms with Crippen molar-refractivity contribution < 1.29 is 9.18 Å². The number of amides is 1. The van der Waals surface area contributed by atoms with Crippen LogP contribution in [0.15, 0.2) is 24.3 Å². The Morgan fingerprint density at radius 3 is 2.95 bits per heavy atom. The maximum Gasteiger partial charge on any atom is 0.222 e. The highest BCUT2D eigenvalue weighted by Gasteiger charge is 2.22. The van der Waals surface area contributed by atoms with Gasteiger partial charge in [-0.05, 0) is 43.2 Å². The van der Waals surface area contributed by atoms with Gasteiger partial charge >= 0.3 is 0 Å². The van der Waals surface area contributed by atoms with E-state index in [1.54, 1.807) is 6.07 Å². The highest BCUT2D eigenvalue weighted by Crippen LogP contribution is 2.22. The fourth-order valence-electron chi connectivity index (χ4n) is 2.81. The van der Waals surface area contributed by atoms with Crippen molar-refractivity contribution in [1.82, 2.24) is 4.90 Å². The summed E-state index contributed by atoms with van der Waals surface area (Å²) in [7, 11) is 0. The normalized spacial score (nSPS) is 19.5. The van der Waals surface area contributed by atoms with Crippen molar-refractivity contribution in [3.8, 4) is 0 Å². The maximum atomic E-state index is 13.5. The SMILES string of the molecule is CCC(=O)N1CCC[C@@H](CCc2ccccc2F)C1. The number of carbonyl (C=O) groups excluding carboxylic acids is 1. The molecule has 1 aliphatic heterocycles. The van der Waals surface area contributed by atoms with Crippen molar-refractivity contribution in [3.63, 3.8) is 0 Å². The van der Waals surface area contributed by atoms with E-state index in [1.165, 1.54) is 6.07 Å². The van der Waals surface area contributed by atoms with Crippen LogP contribution in [-0.4, -0.2) is 23.9 Å². The lowest BCUT2D eigenvalue weighted by Gasteiger charge is -2.32. The van der Waals surface area contributed by atoms with Crippen LogP contribution in [0.3, 0.4) is 0 Å². The number of hydrogen-bond acceptors (Lipinski definition) is 1. The molecule has 0 spiro atoms. The molecular formula is C16H22FNO. The van der Waals surface area contributed by atoms with Crippen LogP contribution in [0.5, 0.6) is 0 Å². The van der Waals surface area contributed by atoms with E-state index in [9.17, 15) is 9.18 Å². The van der Waals surface area contributed by atoms with Gasteiger partial charge in [0.1, 0.15) is 5.82 Å². The Morgan fingerprint density at radius 2 is 2.21 bits per heavy atom. The van der Waals surface area contributed by atoms with Crippen molar-refractivity contribution in [2.24, 2.45) is 5.92 Å². The summed E-state index contributed by atoms with van der Waals surface area (Å²) in [5.41, 5.74) is 0.793. The summed E-state index contributed by atoms with van der Waals surface area (Å²) in [5.74, 6) is 0.652. The van der Waals surface area contributed by atoms with E-state index in [0.717, 1.165) is 44.3 Å². The molecule has 0 aliphatic carbocycles. The third-order valence-corrected chi connectivity index (χ3v) is 3.95. The zero-order chi connectivity index (χ0) is 13.7. The minimum atomic E-state index is -0.111. The highest BCUT2D eigenvalue weighted by molar-refractivity contribution is 5.75. The van der Waals surface area contributed by atoms with E-state index in [4.69, 9.17) is 0 Å². The van der Waals surface area contributed by atoms with E-state index in [1.807, 2.05) is 24.0 Å². The quantitative estimate of drug-likeness (QED) is 0.815. The Balaban J connectivity index is 1.86. The first-order chi connectivity index (χ1) is 9.20. The molecule has 1 heterocycles. The molecule has 0 radical (unpaired) electrons. The Bertz CT molecular complexity index is 433. The maximum absolute atomic E-state index is 13.5. The van der Waals surface area contributed by atoms with E-state index in [0.29, 0.717) is 12.3 Å². The van der Waals surface area contributed by atoms with Gasteiger partial charge in [0.15, 0.2) is 0 Å². The molecule has 104 valence electrons. The molecule has 0 bridgehead atoms. The first kappa shape index (κ1) is 14.0. The number of benzene rings is 1. The van der Waals surface area contributed by atoms with Crippen LogP contribution in [0.2, 0.25) is 0 Å². The number of likely N-dealkylation sites (tertiary alicyclic amines) is 1. The molecule has 1 aromatic rings.